The lowest BCUT2D eigenvalue weighted by molar-refractivity contribution is 0.768. The fourth-order valence-electron chi connectivity index (χ4n) is 1.97. The molecule has 5 nitrogen and oxygen atoms in total. The quantitative estimate of drug-likeness (QED) is 0.753. The van der Waals surface area contributed by atoms with Gasteiger partial charge in [-0.15, -0.1) is 5.10 Å². The molecule has 3 aromatic rings. The molecule has 2 heterocycles. The minimum atomic E-state index is 0.711. The normalized spacial score (nSPS) is 10.9. The number of rotatable bonds is 3. The predicted molar refractivity (Wildman–Crippen MR) is 69.4 cm³/mol. The van der Waals surface area contributed by atoms with Gasteiger partial charge in [-0.2, -0.15) is 0 Å². The topological polar surface area (TPSA) is 55.6 Å². The average Bonchev–Trinajstić information content (AvgIpc) is 2.87. The van der Waals surface area contributed by atoms with Crippen molar-refractivity contribution in [3.8, 4) is 5.69 Å². The SMILES string of the molecule is CNCc1cn(-c2cccc3ncccc23)nn1. The van der Waals surface area contributed by atoms with Crippen LogP contribution in [0.2, 0.25) is 0 Å². The summed E-state index contributed by atoms with van der Waals surface area (Å²) in [7, 11) is 1.89. The molecular weight excluding hydrogens is 226 g/mol. The van der Waals surface area contributed by atoms with E-state index in [1.807, 2.05) is 43.6 Å². The van der Waals surface area contributed by atoms with Crippen LogP contribution in [0.25, 0.3) is 16.6 Å². The molecule has 1 N–H and O–H groups in total. The maximum absolute atomic E-state index is 4.34. The Labute approximate surface area is 104 Å². The van der Waals surface area contributed by atoms with Gasteiger partial charge in [0, 0.05) is 18.1 Å². The van der Waals surface area contributed by atoms with Crippen LogP contribution in [0.15, 0.2) is 42.7 Å². The lowest BCUT2D eigenvalue weighted by Gasteiger charge is -2.04. The molecule has 3 rings (SSSR count). The first-order valence-electron chi connectivity index (χ1n) is 5.78. The second-order valence-corrected chi connectivity index (χ2v) is 4.03. The van der Waals surface area contributed by atoms with Gasteiger partial charge in [0.15, 0.2) is 0 Å². The molecule has 90 valence electrons. The molecule has 18 heavy (non-hydrogen) atoms. The van der Waals surface area contributed by atoms with E-state index in [0.717, 1.165) is 22.3 Å². The van der Waals surface area contributed by atoms with Gasteiger partial charge in [0.25, 0.3) is 0 Å². The zero-order valence-corrected chi connectivity index (χ0v) is 10.0. The fourth-order valence-corrected chi connectivity index (χ4v) is 1.97. The summed E-state index contributed by atoms with van der Waals surface area (Å²) in [5.74, 6) is 0. The zero-order valence-electron chi connectivity index (χ0n) is 10.0. The van der Waals surface area contributed by atoms with Crippen molar-refractivity contribution in [2.75, 3.05) is 7.05 Å². The number of aromatic nitrogens is 4. The summed E-state index contributed by atoms with van der Waals surface area (Å²) in [5, 5.41) is 12.4. The van der Waals surface area contributed by atoms with Crippen LogP contribution in [0.4, 0.5) is 0 Å². The lowest BCUT2D eigenvalue weighted by Crippen LogP contribution is -2.05. The van der Waals surface area contributed by atoms with Crippen molar-refractivity contribution in [2.24, 2.45) is 0 Å². The number of nitrogens with one attached hydrogen (secondary N) is 1. The Morgan fingerprint density at radius 2 is 2.17 bits per heavy atom. The van der Waals surface area contributed by atoms with Gasteiger partial charge in [0.05, 0.1) is 23.1 Å². The molecule has 0 aliphatic carbocycles. The standard InChI is InChI=1S/C13H13N5/c1-14-8-10-9-18(17-16-10)13-6-2-5-12-11(13)4-3-7-15-12/h2-7,9,14H,8H2,1H3. The summed E-state index contributed by atoms with van der Waals surface area (Å²) < 4.78 is 1.79. The summed E-state index contributed by atoms with van der Waals surface area (Å²) in [4.78, 5) is 4.34. The summed E-state index contributed by atoms with van der Waals surface area (Å²) >= 11 is 0. The Morgan fingerprint density at radius 3 is 3.06 bits per heavy atom. The zero-order chi connectivity index (χ0) is 12.4. The van der Waals surface area contributed by atoms with Crippen molar-refractivity contribution in [3.63, 3.8) is 0 Å². The molecule has 0 aliphatic rings. The van der Waals surface area contributed by atoms with Gasteiger partial charge in [-0.25, -0.2) is 4.68 Å². The molecule has 0 saturated carbocycles. The molecule has 0 saturated heterocycles. The largest absolute Gasteiger partial charge is 0.314 e. The Bertz CT molecular complexity index is 668. The number of fused-ring (bicyclic) bond motifs is 1. The molecule has 1 aromatic carbocycles. The first kappa shape index (κ1) is 10.9. The van der Waals surface area contributed by atoms with Gasteiger partial charge in [0.1, 0.15) is 0 Å². The van der Waals surface area contributed by atoms with E-state index >= 15 is 0 Å². The highest BCUT2D eigenvalue weighted by atomic mass is 15.4. The number of pyridine rings is 1. The number of hydrogen-bond acceptors (Lipinski definition) is 4. The minimum Gasteiger partial charge on any atom is -0.314 e. The van der Waals surface area contributed by atoms with Crippen molar-refractivity contribution in [3.05, 3.63) is 48.4 Å². The molecule has 0 radical (unpaired) electrons. The van der Waals surface area contributed by atoms with E-state index in [2.05, 4.69) is 20.6 Å². The van der Waals surface area contributed by atoms with Gasteiger partial charge in [-0.1, -0.05) is 11.3 Å². The number of nitrogens with zero attached hydrogens (tertiary/aromatic N) is 4. The minimum absolute atomic E-state index is 0.711. The monoisotopic (exact) mass is 239 g/mol. The highest BCUT2D eigenvalue weighted by Crippen LogP contribution is 2.19. The predicted octanol–water partition coefficient (Wildman–Crippen LogP) is 1.53. The van der Waals surface area contributed by atoms with E-state index in [1.165, 1.54) is 0 Å². The summed E-state index contributed by atoms with van der Waals surface area (Å²) in [6.45, 7) is 0.711. The second-order valence-electron chi connectivity index (χ2n) is 4.03. The summed E-state index contributed by atoms with van der Waals surface area (Å²) in [6.07, 6.45) is 3.72. The average molecular weight is 239 g/mol. The Morgan fingerprint density at radius 1 is 1.22 bits per heavy atom. The van der Waals surface area contributed by atoms with Crippen LogP contribution in [0.1, 0.15) is 5.69 Å². The molecule has 2 aromatic heterocycles. The molecule has 0 unspecified atom stereocenters. The van der Waals surface area contributed by atoms with Crippen LogP contribution < -0.4 is 5.32 Å². The second kappa shape index (κ2) is 4.54. The first-order chi connectivity index (χ1) is 8.88. The van der Waals surface area contributed by atoms with Gasteiger partial charge in [-0.3, -0.25) is 4.98 Å². The van der Waals surface area contributed by atoms with Crippen molar-refractivity contribution in [1.29, 1.82) is 0 Å². The molecule has 5 heteroatoms. The lowest BCUT2D eigenvalue weighted by atomic mass is 10.2. The van der Waals surface area contributed by atoms with Crippen molar-refractivity contribution in [2.45, 2.75) is 6.54 Å². The van der Waals surface area contributed by atoms with E-state index in [-0.39, 0.29) is 0 Å². The van der Waals surface area contributed by atoms with Gasteiger partial charge >= 0.3 is 0 Å². The molecule has 0 amide bonds. The van der Waals surface area contributed by atoms with Crippen LogP contribution in [0.5, 0.6) is 0 Å². The number of benzene rings is 1. The molecule has 0 bridgehead atoms. The highest BCUT2D eigenvalue weighted by Gasteiger charge is 2.06. The third kappa shape index (κ3) is 1.84. The number of hydrogen-bond donors (Lipinski definition) is 1. The smallest absolute Gasteiger partial charge is 0.0969 e. The van der Waals surface area contributed by atoms with Gasteiger partial charge in [-0.05, 0) is 31.3 Å². The van der Waals surface area contributed by atoms with E-state index in [4.69, 9.17) is 0 Å². The summed E-state index contributed by atoms with van der Waals surface area (Å²) in [6, 6.07) is 9.95. The van der Waals surface area contributed by atoms with Crippen molar-refractivity contribution in [1.82, 2.24) is 25.3 Å². The molecular formula is C13H13N5. The van der Waals surface area contributed by atoms with Crippen LogP contribution in [0, 0.1) is 0 Å². The van der Waals surface area contributed by atoms with Crippen molar-refractivity contribution >= 4 is 10.9 Å². The van der Waals surface area contributed by atoms with E-state index in [1.54, 1.807) is 10.9 Å². The Hall–Kier alpha value is -2.27. The Balaban J connectivity index is 2.12. The third-order valence-corrected chi connectivity index (χ3v) is 2.77. The molecule has 0 fully saturated rings. The highest BCUT2D eigenvalue weighted by molar-refractivity contribution is 5.86. The Kier molecular flexibility index (Phi) is 2.74. The van der Waals surface area contributed by atoms with Gasteiger partial charge < -0.3 is 5.32 Å². The van der Waals surface area contributed by atoms with E-state index < -0.39 is 0 Å². The van der Waals surface area contributed by atoms with Crippen LogP contribution >= 0.6 is 0 Å². The fraction of sp³-hybridized carbons (Fsp3) is 0.154. The van der Waals surface area contributed by atoms with Crippen LogP contribution in [-0.2, 0) is 6.54 Å². The van der Waals surface area contributed by atoms with E-state index in [9.17, 15) is 0 Å². The molecule has 0 atom stereocenters. The summed E-state index contributed by atoms with van der Waals surface area (Å²) in [5.41, 5.74) is 2.87. The van der Waals surface area contributed by atoms with Crippen molar-refractivity contribution < 1.29 is 0 Å². The maximum atomic E-state index is 4.34. The first-order valence-corrected chi connectivity index (χ1v) is 5.78. The van der Waals surface area contributed by atoms with Crippen LogP contribution in [-0.4, -0.2) is 27.0 Å². The molecule has 0 aliphatic heterocycles. The maximum Gasteiger partial charge on any atom is 0.0969 e. The van der Waals surface area contributed by atoms with Gasteiger partial charge in [0.2, 0.25) is 0 Å². The third-order valence-electron chi connectivity index (χ3n) is 2.77. The van der Waals surface area contributed by atoms with Crippen LogP contribution in [0.3, 0.4) is 0 Å². The molecule has 0 spiro atoms. The van der Waals surface area contributed by atoms with E-state index in [0.29, 0.717) is 6.54 Å².